The summed E-state index contributed by atoms with van der Waals surface area (Å²) in [5.41, 5.74) is 14.1. The number of carboxylic acids is 1. The Morgan fingerprint density at radius 2 is 1.81 bits per heavy atom. The van der Waals surface area contributed by atoms with E-state index in [1.54, 1.807) is 12.1 Å². The molecule has 0 unspecified atom stereocenters. The molecule has 7 nitrogen and oxygen atoms in total. The average Bonchev–Trinajstić information content (AvgIpc) is 2.55. The summed E-state index contributed by atoms with van der Waals surface area (Å²) in [6.45, 7) is 1.69. The van der Waals surface area contributed by atoms with E-state index in [1.165, 1.54) is 0 Å². The van der Waals surface area contributed by atoms with E-state index in [1.807, 2.05) is 24.3 Å². The lowest BCUT2D eigenvalue weighted by atomic mass is 10.1. The van der Waals surface area contributed by atoms with Crippen molar-refractivity contribution >= 4 is 57.5 Å². The molecule has 3 aromatic rings. The van der Waals surface area contributed by atoms with E-state index in [4.69, 9.17) is 44.6 Å². The van der Waals surface area contributed by atoms with Crippen LogP contribution in [0.25, 0.3) is 10.9 Å². The summed E-state index contributed by atoms with van der Waals surface area (Å²) in [7, 11) is 0. The Morgan fingerprint density at radius 1 is 1.12 bits per heavy atom. The van der Waals surface area contributed by atoms with Crippen molar-refractivity contribution in [3.8, 4) is 0 Å². The quantitative estimate of drug-likeness (QED) is 0.532. The van der Waals surface area contributed by atoms with Crippen LogP contribution in [0.5, 0.6) is 0 Å². The van der Waals surface area contributed by atoms with Gasteiger partial charge in [0, 0.05) is 24.5 Å². The number of benzene rings is 2. The topological polar surface area (TPSA) is 127 Å². The number of carboxylic acid groups (broad SMARTS) is 1. The number of anilines is 3. The molecule has 0 saturated carbocycles. The van der Waals surface area contributed by atoms with Crippen molar-refractivity contribution in [3.63, 3.8) is 0 Å². The van der Waals surface area contributed by atoms with Crippen LogP contribution in [-0.4, -0.2) is 21.0 Å². The first-order valence-electron chi connectivity index (χ1n) is 7.46. The van der Waals surface area contributed by atoms with Crippen molar-refractivity contribution in [1.82, 2.24) is 9.97 Å². The number of nitrogens with zero attached hydrogens (tertiary/aromatic N) is 2. The van der Waals surface area contributed by atoms with Gasteiger partial charge in [-0.25, -0.2) is 4.98 Å². The van der Waals surface area contributed by atoms with E-state index in [0.717, 1.165) is 29.1 Å². The number of aliphatic carboxylic acids is 1. The van der Waals surface area contributed by atoms with Gasteiger partial charge in [-0.15, -0.1) is 0 Å². The van der Waals surface area contributed by atoms with Crippen LogP contribution in [0.3, 0.4) is 0 Å². The summed E-state index contributed by atoms with van der Waals surface area (Å²) < 4.78 is 0. The minimum absolute atomic E-state index is 0.173. The molecule has 9 heteroatoms. The molecule has 0 radical (unpaired) electrons. The summed E-state index contributed by atoms with van der Waals surface area (Å²) in [6.07, 6.45) is 0. The van der Waals surface area contributed by atoms with Crippen molar-refractivity contribution < 1.29 is 9.90 Å². The maximum absolute atomic E-state index is 9.00. The summed E-state index contributed by atoms with van der Waals surface area (Å²) in [5.74, 6) is -0.287. The van der Waals surface area contributed by atoms with Crippen LogP contribution in [-0.2, 0) is 11.3 Å². The predicted octanol–water partition coefficient (Wildman–Crippen LogP) is 3.80. The second-order valence-electron chi connectivity index (χ2n) is 5.32. The molecule has 0 aliphatic rings. The summed E-state index contributed by atoms with van der Waals surface area (Å²) in [5, 5.41) is 12.5. The third-order valence-electron chi connectivity index (χ3n) is 3.22. The summed E-state index contributed by atoms with van der Waals surface area (Å²) in [4.78, 5) is 17.1. The molecule has 136 valence electrons. The zero-order valence-corrected chi connectivity index (χ0v) is 15.3. The molecule has 6 N–H and O–H groups in total. The molecular formula is C17H17Cl2N5O2. The molecule has 1 aromatic heterocycles. The van der Waals surface area contributed by atoms with Gasteiger partial charge in [-0.3, -0.25) is 4.79 Å². The number of rotatable bonds is 3. The number of nitrogen functional groups attached to an aromatic ring is 2. The Hall–Kier alpha value is -2.77. The lowest BCUT2D eigenvalue weighted by Crippen LogP contribution is -2.03. The molecule has 3 rings (SSSR count). The minimum Gasteiger partial charge on any atom is -0.481 e. The number of hydrogen-bond donors (Lipinski definition) is 4. The second kappa shape index (κ2) is 8.55. The first-order chi connectivity index (χ1) is 12.3. The molecule has 2 aromatic carbocycles. The van der Waals surface area contributed by atoms with Gasteiger partial charge in [0.2, 0.25) is 5.95 Å². The Kier molecular flexibility index (Phi) is 6.43. The Bertz CT molecular complexity index is 946. The molecule has 0 saturated heterocycles. The van der Waals surface area contributed by atoms with E-state index in [2.05, 4.69) is 15.3 Å². The van der Waals surface area contributed by atoms with E-state index in [-0.39, 0.29) is 5.95 Å². The van der Waals surface area contributed by atoms with E-state index >= 15 is 0 Å². The molecule has 0 amide bonds. The fraction of sp³-hybridized carbons (Fsp3) is 0.118. The highest BCUT2D eigenvalue weighted by atomic mass is 35.5. The smallest absolute Gasteiger partial charge is 0.300 e. The number of halogens is 2. The van der Waals surface area contributed by atoms with Gasteiger partial charge >= 0.3 is 0 Å². The fourth-order valence-corrected chi connectivity index (χ4v) is 2.44. The van der Waals surface area contributed by atoms with Crippen LogP contribution in [0.4, 0.5) is 17.5 Å². The van der Waals surface area contributed by atoms with Crippen LogP contribution in [0, 0.1) is 0 Å². The molecule has 0 aliphatic carbocycles. The number of hydrogen-bond acceptors (Lipinski definition) is 6. The molecular weight excluding hydrogens is 377 g/mol. The van der Waals surface area contributed by atoms with Crippen molar-refractivity contribution in [2.45, 2.75) is 13.5 Å². The fourth-order valence-electron chi connectivity index (χ4n) is 2.14. The Morgan fingerprint density at radius 3 is 2.46 bits per heavy atom. The highest BCUT2D eigenvalue weighted by Gasteiger charge is 2.05. The first-order valence-corrected chi connectivity index (χ1v) is 8.22. The van der Waals surface area contributed by atoms with Crippen LogP contribution in [0.2, 0.25) is 10.0 Å². The molecule has 0 aliphatic heterocycles. The largest absolute Gasteiger partial charge is 0.481 e. The zero-order chi connectivity index (χ0) is 19.3. The van der Waals surface area contributed by atoms with E-state index in [9.17, 15) is 0 Å². The highest BCUT2D eigenvalue weighted by molar-refractivity contribution is 6.42. The standard InChI is InChI=1S/C15H13Cl2N5.C2H4O2/c16-11-3-2-9(6-12(11)17)20-7-8-1-4-13-10(5-8)14(18)22-15(19)21-13;1-2(3)4/h1-6,20H,7H2,(H4,18,19,21,22);1H3,(H,3,4). The molecule has 0 atom stereocenters. The third-order valence-corrected chi connectivity index (χ3v) is 3.96. The van der Waals surface area contributed by atoms with Gasteiger partial charge < -0.3 is 21.9 Å². The van der Waals surface area contributed by atoms with Gasteiger partial charge in [0.25, 0.3) is 5.97 Å². The zero-order valence-electron chi connectivity index (χ0n) is 13.8. The lowest BCUT2D eigenvalue weighted by molar-refractivity contribution is -0.134. The van der Waals surface area contributed by atoms with Crippen molar-refractivity contribution in [2.75, 3.05) is 16.8 Å². The van der Waals surface area contributed by atoms with Gasteiger partial charge in [0.1, 0.15) is 5.82 Å². The number of aromatic nitrogens is 2. The van der Waals surface area contributed by atoms with Gasteiger partial charge in [-0.05, 0) is 35.9 Å². The average molecular weight is 394 g/mol. The van der Waals surface area contributed by atoms with Crippen LogP contribution in [0.15, 0.2) is 36.4 Å². The van der Waals surface area contributed by atoms with E-state index < -0.39 is 5.97 Å². The molecule has 0 spiro atoms. The van der Waals surface area contributed by atoms with Crippen LogP contribution < -0.4 is 16.8 Å². The predicted molar refractivity (Wildman–Crippen MR) is 105 cm³/mol. The molecule has 0 bridgehead atoms. The van der Waals surface area contributed by atoms with Crippen LogP contribution >= 0.6 is 23.2 Å². The first kappa shape index (κ1) is 19.6. The number of nitrogens with one attached hydrogen (secondary N) is 1. The van der Waals surface area contributed by atoms with E-state index in [0.29, 0.717) is 22.4 Å². The molecule has 1 heterocycles. The van der Waals surface area contributed by atoms with Gasteiger partial charge in [-0.2, -0.15) is 4.98 Å². The van der Waals surface area contributed by atoms with Gasteiger partial charge in [0.15, 0.2) is 0 Å². The minimum atomic E-state index is -0.833. The summed E-state index contributed by atoms with van der Waals surface area (Å²) >= 11 is 11.9. The van der Waals surface area contributed by atoms with Crippen molar-refractivity contribution in [3.05, 3.63) is 52.0 Å². The third kappa shape index (κ3) is 5.37. The maximum Gasteiger partial charge on any atom is 0.300 e. The monoisotopic (exact) mass is 393 g/mol. The second-order valence-corrected chi connectivity index (χ2v) is 6.13. The molecule has 0 fully saturated rings. The van der Waals surface area contributed by atoms with Gasteiger partial charge in [0.05, 0.1) is 15.6 Å². The number of carbonyl (C=O) groups is 1. The normalized spacial score (nSPS) is 10.1. The summed E-state index contributed by atoms with van der Waals surface area (Å²) in [6, 6.07) is 11.2. The van der Waals surface area contributed by atoms with Crippen molar-refractivity contribution in [1.29, 1.82) is 0 Å². The van der Waals surface area contributed by atoms with Crippen LogP contribution in [0.1, 0.15) is 12.5 Å². The molecule has 26 heavy (non-hydrogen) atoms. The van der Waals surface area contributed by atoms with Crippen molar-refractivity contribution in [2.24, 2.45) is 0 Å². The SMILES string of the molecule is CC(=O)O.Nc1nc(N)c2cc(CNc3ccc(Cl)c(Cl)c3)ccc2n1. The Labute approximate surface area is 160 Å². The number of fused-ring (bicyclic) bond motifs is 1. The highest BCUT2D eigenvalue weighted by Crippen LogP contribution is 2.26. The van der Waals surface area contributed by atoms with Gasteiger partial charge in [-0.1, -0.05) is 29.3 Å². The number of nitrogens with two attached hydrogens (primary N) is 2. The lowest BCUT2D eigenvalue weighted by Gasteiger charge is -2.09. The Balaban J connectivity index is 0.000000552. The maximum atomic E-state index is 9.00.